The molecule has 0 saturated heterocycles. The van der Waals surface area contributed by atoms with Crippen LogP contribution < -0.4 is 9.47 Å². The van der Waals surface area contributed by atoms with Crippen LogP contribution in [0.15, 0.2) is 48.5 Å². The van der Waals surface area contributed by atoms with Crippen LogP contribution in [-0.2, 0) is 13.0 Å². The molecule has 0 aromatic heterocycles. The van der Waals surface area contributed by atoms with Crippen molar-refractivity contribution < 1.29 is 27.0 Å². The number of ether oxygens (including phenoxy) is 2. The lowest BCUT2D eigenvalue weighted by atomic mass is 10.0. The Hall–Kier alpha value is -3.28. The number of benzene rings is 3. The molecule has 0 atom stereocenters. The van der Waals surface area contributed by atoms with Gasteiger partial charge in [-0.25, -0.2) is 17.6 Å². The molecule has 1 aliphatic rings. The Bertz CT molecular complexity index is 1100. The molecule has 6 heteroatoms. The molecule has 0 N–H and O–H groups in total. The van der Waals surface area contributed by atoms with Gasteiger partial charge in [-0.05, 0) is 84.1 Å². The van der Waals surface area contributed by atoms with Crippen LogP contribution >= 0.6 is 0 Å². The largest absolute Gasteiger partial charge is 0.494 e. The first-order valence-electron chi connectivity index (χ1n) is 9.47. The number of halogens is 4. The van der Waals surface area contributed by atoms with E-state index in [0.717, 1.165) is 12.1 Å². The van der Waals surface area contributed by atoms with Gasteiger partial charge in [0.25, 0.3) is 0 Å². The van der Waals surface area contributed by atoms with Gasteiger partial charge in [-0.3, -0.25) is 0 Å². The highest BCUT2D eigenvalue weighted by molar-refractivity contribution is 5.89. The van der Waals surface area contributed by atoms with E-state index in [1.807, 2.05) is 6.92 Å². The first-order valence-corrected chi connectivity index (χ1v) is 9.47. The topological polar surface area (TPSA) is 18.5 Å². The highest BCUT2D eigenvalue weighted by Gasteiger charge is 2.22. The fourth-order valence-corrected chi connectivity index (χ4v) is 3.48. The zero-order valence-electron chi connectivity index (χ0n) is 16.1. The molecule has 30 heavy (non-hydrogen) atoms. The minimum atomic E-state index is -0.992. The second kappa shape index (κ2) is 8.22. The van der Waals surface area contributed by atoms with E-state index in [-0.39, 0.29) is 18.6 Å². The fraction of sp³-hybridized carbons (Fsp3) is 0.167. The monoisotopic (exact) mass is 414 g/mol. The maximum absolute atomic E-state index is 14.7. The Balaban J connectivity index is 1.51. The number of hydrogen-bond acceptors (Lipinski definition) is 2. The van der Waals surface area contributed by atoms with Crippen molar-refractivity contribution in [2.24, 2.45) is 0 Å². The molecule has 0 heterocycles. The summed E-state index contributed by atoms with van der Waals surface area (Å²) in [5.41, 5.74) is 1.38. The Kier molecular flexibility index (Phi) is 5.48. The van der Waals surface area contributed by atoms with Crippen LogP contribution in [0.5, 0.6) is 11.5 Å². The van der Waals surface area contributed by atoms with E-state index in [9.17, 15) is 17.6 Å². The second-order valence-corrected chi connectivity index (χ2v) is 6.94. The molecule has 3 aromatic carbocycles. The van der Waals surface area contributed by atoms with E-state index in [1.54, 1.807) is 24.3 Å². The van der Waals surface area contributed by atoms with Gasteiger partial charge in [0, 0.05) is 5.56 Å². The molecular formula is C24H18F4O2. The van der Waals surface area contributed by atoms with Crippen LogP contribution in [-0.4, -0.2) is 6.61 Å². The summed E-state index contributed by atoms with van der Waals surface area (Å²) >= 11 is 0. The highest BCUT2D eigenvalue weighted by Crippen LogP contribution is 2.35. The van der Waals surface area contributed by atoms with Crippen LogP contribution in [0.4, 0.5) is 17.6 Å². The van der Waals surface area contributed by atoms with Crippen molar-refractivity contribution in [2.45, 2.75) is 20.0 Å². The molecule has 1 aliphatic carbocycles. The van der Waals surface area contributed by atoms with Gasteiger partial charge in [-0.1, -0.05) is 6.08 Å². The third-order valence-corrected chi connectivity index (χ3v) is 4.86. The van der Waals surface area contributed by atoms with E-state index in [4.69, 9.17) is 9.47 Å². The Morgan fingerprint density at radius 3 is 2.00 bits per heavy atom. The Morgan fingerprint density at radius 1 is 0.767 bits per heavy atom. The quantitative estimate of drug-likeness (QED) is 0.440. The van der Waals surface area contributed by atoms with E-state index >= 15 is 0 Å². The minimum Gasteiger partial charge on any atom is -0.494 e. The summed E-state index contributed by atoms with van der Waals surface area (Å²) in [6.45, 7) is 2.42. The van der Waals surface area contributed by atoms with E-state index in [2.05, 4.69) is 0 Å². The van der Waals surface area contributed by atoms with Crippen molar-refractivity contribution in [3.63, 3.8) is 0 Å². The molecular weight excluding hydrogens is 396 g/mol. The third kappa shape index (κ3) is 4.03. The molecule has 0 bridgehead atoms. The van der Waals surface area contributed by atoms with Gasteiger partial charge in [-0.15, -0.1) is 0 Å². The van der Waals surface area contributed by atoms with Crippen molar-refractivity contribution in [1.29, 1.82) is 0 Å². The number of fused-ring (bicyclic) bond motifs is 1. The van der Waals surface area contributed by atoms with Crippen molar-refractivity contribution in [1.82, 2.24) is 0 Å². The van der Waals surface area contributed by atoms with E-state index in [1.165, 1.54) is 18.2 Å². The molecule has 0 spiro atoms. The summed E-state index contributed by atoms with van der Waals surface area (Å²) in [4.78, 5) is 0. The summed E-state index contributed by atoms with van der Waals surface area (Å²) < 4.78 is 67.2. The summed E-state index contributed by atoms with van der Waals surface area (Å²) in [5.74, 6) is -2.22. The molecule has 0 fully saturated rings. The number of hydrogen-bond donors (Lipinski definition) is 0. The average molecular weight is 414 g/mol. The summed E-state index contributed by atoms with van der Waals surface area (Å²) in [6, 6.07) is 11.4. The predicted octanol–water partition coefficient (Wildman–Crippen LogP) is 6.32. The van der Waals surface area contributed by atoms with Crippen LogP contribution in [0.3, 0.4) is 0 Å². The molecule has 0 amide bonds. The minimum absolute atomic E-state index is 0.0161. The normalized spacial score (nSPS) is 12.5. The van der Waals surface area contributed by atoms with Crippen LogP contribution in [0.25, 0.3) is 11.6 Å². The predicted molar refractivity (Wildman–Crippen MR) is 106 cm³/mol. The summed E-state index contributed by atoms with van der Waals surface area (Å²) in [7, 11) is 0. The molecule has 0 radical (unpaired) electrons. The summed E-state index contributed by atoms with van der Waals surface area (Å²) in [6.07, 6.45) is 1.61. The van der Waals surface area contributed by atoms with Crippen molar-refractivity contribution in [3.8, 4) is 11.5 Å². The van der Waals surface area contributed by atoms with Crippen LogP contribution in [0.2, 0.25) is 0 Å². The number of rotatable bonds is 6. The lowest BCUT2D eigenvalue weighted by Crippen LogP contribution is -2.02. The standard InChI is InChI=1S/C24H18F4O2/c1-2-29-18-3-5-19(6-4-18)30-13-14-7-22(27)24(23(28)8-14)17-9-15-11-20(25)21(26)12-16(15)10-17/h3-9,11-12H,2,10,13H2,1H3. The van der Waals surface area contributed by atoms with Gasteiger partial charge in [0.1, 0.15) is 29.7 Å². The maximum atomic E-state index is 14.7. The van der Waals surface area contributed by atoms with Gasteiger partial charge in [0.05, 0.1) is 6.61 Å². The van der Waals surface area contributed by atoms with Gasteiger partial charge < -0.3 is 9.47 Å². The lowest BCUT2D eigenvalue weighted by molar-refractivity contribution is 0.302. The lowest BCUT2D eigenvalue weighted by Gasteiger charge is -2.11. The first kappa shape index (κ1) is 20.0. The van der Waals surface area contributed by atoms with E-state index in [0.29, 0.717) is 40.4 Å². The second-order valence-electron chi connectivity index (χ2n) is 6.94. The third-order valence-electron chi connectivity index (χ3n) is 4.86. The zero-order chi connectivity index (χ0) is 21.3. The first-order chi connectivity index (χ1) is 14.4. The number of allylic oxidation sites excluding steroid dienone is 1. The van der Waals surface area contributed by atoms with Crippen molar-refractivity contribution >= 4 is 11.6 Å². The summed E-state index contributed by atoms with van der Waals surface area (Å²) in [5, 5.41) is 0. The molecule has 0 saturated carbocycles. The molecule has 0 aliphatic heterocycles. The van der Waals surface area contributed by atoms with Gasteiger partial charge >= 0.3 is 0 Å². The smallest absolute Gasteiger partial charge is 0.159 e. The van der Waals surface area contributed by atoms with E-state index < -0.39 is 23.3 Å². The van der Waals surface area contributed by atoms with Gasteiger partial charge in [0.15, 0.2) is 11.6 Å². The van der Waals surface area contributed by atoms with Crippen molar-refractivity contribution in [2.75, 3.05) is 6.61 Å². The molecule has 4 rings (SSSR count). The Labute approximate surface area is 171 Å². The van der Waals surface area contributed by atoms with Crippen LogP contribution in [0, 0.1) is 23.3 Å². The van der Waals surface area contributed by atoms with Crippen molar-refractivity contribution in [3.05, 3.63) is 94.1 Å². The Morgan fingerprint density at radius 2 is 1.37 bits per heavy atom. The highest BCUT2D eigenvalue weighted by atomic mass is 19.2. The molecule has 154 valence electrons. The zero-order valence-corrected chi connectivity index (χ0v) is 16.1. The average Bonchev–Trinajstić information content (AvgIpc) is 3.09. The maximum Gasteiger partial charge on any atom is 0.159 e. The fourth-order valence-electron chi connectivity index (χ4n) is 3.48. The van der Waals surface area contributed by atoms with Crippen LogP contribution in [0.1, 0.15) is 29.2 Å². The SMILES string of the molecule is CCOc1ccc(OCc2cc(F)c(C3=Cc4cc(F)c(F)cc4C3)c(F)c2)cc1. The van der Waals surface area contributed by atoms with Gasteiger partial charge in [0.2, 0.25) is 0 Å². The molecule has 3 aromatic rings. The molecule has 2 nitrogen and oxygen atoms in total. The molecule has 0 unspecified atom stereocenters. The van der Waals surface area contributed by atoms with Gasteiger partial charge in [-0.2, -0.15) is 0 Å².